The number of carbonyl (C=O) groups excluding carboxylic acids is 15. The van der Waals surface area contributed by atoms with E-state index in [1.165, 1.54) is 62.4 Å². The molecular weight excluding hydrogens is 1830 g/mol. The van der Waals surface area contributed by atoms with Crippen molar-refractivity contribution in [2.75, 3.05) is 72.4 Å². The van der Waals surface area contributed by atoms with Gasteiger partial charge in [-0.25, -0.2) is 13.2 Å². The molecule has 3 heterocycles. The number of primary amides is 2. The number of halogens is 3. The number of Topliss-reactive ketones (excluding diaryl/α,β-unsaturated/α-hetero) is 1. The Kier molecular flexibility index (Phi) is 40.8. The Balaban J connectivity index is 0.921. The van der Waals surface area contributed by atoms with E-state index in [-0.39, 0.29) is 69.5 Å². The highest BCUT2D eigenvalue weighted by molar-refractivity contribution is 8.00. The van der Waals surface area contributed by atoms with Crippen molar-refractivity contribution in [3.63, 3.8) is 0 Å². The van der Waals surface area contributed by atoms with Crippen LogP contribution >= 0.6 is 11.8 Å². The fourth-order valence-electron chi connectivity index (χ4n) is 16.6. The van der Waals surface area contributed by atoms with Crippen LogP contribution in [0.3, 0.4) is 0 Å². The minimum atomic E-state index is -1.99. The van der Waals surface area contributed by atoms with E-state index in [1.54, 1.807) is 99.8 Å². The Labute approximate surface area is 805 Å². The number of aromatic hydroxyl groups is 2. The van der Waals surface area contributed by atoms with Gasteiger partial charge in [0.15, 0.2) is 23.2 Å². The number of unbranched alkanes of at least 4 members (excludes halogenated alkanes) is 1. The Morgan fingerprint density at radius 2 is 1.07 bits per heavy atom. The van der Waals surface area contributed by atoms with Crippen molar-refractivity contribution in [3.05, 3.63) is 203 Å². The number of carbonyl (C=O) groups is 16. The lowest BCUT2D eigenvalue weighted by atomic mass is 9.97. The first-order chi connectivity index (χ1) is 66.1. The zero-order valence-corrected chi connectivity index (χ0v) is 79.0. The average Bonchev–Trinajstić information content (AvgIpc) is 1.75. The highest BCUT2D eigenvalue weighted by atomic mass is 32.2. The number of hydrogen-bond donors (Lipinski definition) is 17. The number of rotatable bonds is 52. The van der Waals surface area contributed by atoms with Gasteiger partial charge in [-0.1, -0.05) is 137 Å². The molecule has 1 unspecified atom stereocenters. The number of ketones is 1. The third-order valence-corrected chi connectivity index (χ3v) is 25.4. The number of thioether (sulfide) groups is 1. The molecule has 42 heteroatoms. The van der Waals surface area contributed by atoms with Crippen LogP contribution in [0.5, 0.6) is 11.5 Å². The molecule has 139 heavy (non-hydrogen) atoms. The van der Waals surface area contributed by atoms with Gasteiger partial charge >= 0.3 is 5.97 Å². The minimum Gasteiger partial charge on any atom is -0.508 e. The van der Waals surface area contributed by atoms with E-state index in [1.807, 2.05) is 24.3 Å². The predicted molar refractivity (Wildman–Crippen MR) is 505 cm³/mol. The van der Waals surface area contributed by atoms with Crippen LogP contribution in [0.2, 0.25) is 0 Å². The number of aromatic nitrogens is 1. The zero-order valence-electron chi connectivity index (χ0n) is 78.1. The van der Waals surface area contributed by atoms with Crippen LogP contribution in [0.25, 0.3) is 10.9 Å². The van der Waals surface area contributed by atoms with Gasteiger partial charge in [-0.3, -0.25) is 82.0 Å². The number of hydrogen-bond acceptors (Lipinski definition) is 23. The number of aliphatic carboxylic acids is 1. The number of aliphatic hydroxyl groups excluding tert-OH is 2. The van der Waals surface area contributed by atoms with Gasteiger partial charge < -0.3 is 109 Å². The van der Waals surface area contributed by atoms with Crippen molar-refractivity contribution >= 4 is 117 Å². The summed E-state index contributed by atoms with van der Waals surface area (Å²) in [6.45, 7) is 3.37. The van der Waals surface area contributed by atoms with Crippen LogP contribution in [0.1, 0.15) is 106 Å². The van der Waals surface area contributed by atoms with E-state index >= 15 is 28.0 Å². The number of phenolic OH excluding ortho intramolecular Hbond substituents is 2. The number of carboxylic acids is 1. The van der Waals surface area contributed by atoms with Gasteiger partial charge in [0.2, 0.25) is 82.7 Å². The van der Waals surface area contributed by atoms with E-state index in [0.717, 1.165) is 43.1 Å². The third kappa shape index (κ3) is 31.6. The number of nitrogens with zero attached hydrogens (tertiary/aromatic N) is 5. The standard InChI is InChI=1S/C97H122F3N17O21S/c1-8-9-24-76(96(137)117-51-64(121)45-78(117)92(133)110-72(46-84(126)127)91(132)112-86(54(2)3)97(138)114(6)77(42-55-18-12-10-13-19-55)80(122)48-105-73(40-58-27-31-62(119)32-28-58)94(135)116-36-35-63(120)50-116)113(5)95(136)79(43-56-20-14-11-15-21-56)115(7)93(134)74(41-59-37-66(98)85(100)67(99)38-59)107-83(125)53-139-52-75(87(128)106-49-82(102)124)111-88(129)69(33-34-81(101)123)108-90(131)71(39-57-25-29-61(118)30-26-57)109-89(130)70(103-4)44-60-47-104-68-23-17-16-22-65(60)68/h10-23,25-32,37-38,47,54,63-64,69-79,86,103-105,118-121H,8-9,24,33-36,39-46,48-53H2,1-7H3,(H2,101,123)(H2,102,124)(H,106,128)(H,107,125)(H,108,131)(H,109,130)(H,110,133)(H,111,129)(H,112,132)(H,126,127)/t63-,64-,69+,70+,71+,72+,73+,74+,75+,76+,77?,78-,79+,86+/m1/s1. The van der Waals surface area contributed by atoms with Crippen molar-refractivity contribution in [2.24, 2.45) is 17.4 Å². The normalized spacial score (nSPS) is 16.4. The number of carboxylic acid groups (broad SMARTS) is 1. The molecule has 2 saturated heterocycles. The summed E-state index contributed by atoms with van der Waals surface area (Å²) in [5.41, 5.74) is 14.2. The van der Waals surface area contributed by atoms with Crippen LogP contribution in [0.4, 0.5) is 13.2 Å². The van der Waals surface area contributed by atoms with Gasteiger partial charge in [0.25, 0.3) is 0 Å². The lowest BCUT2D eigenvalue weighted by molar-refractivity contribution is -0.152. The first-order valence-electron chi connectivity index (χ1n) is 45.6. The second kappa shape index (κ2) is 52.1. The number of aliphatic hydroxyl groups is 2. The number of nitrogens with two attached hydrogens (primary N) is 2. The maximum Gasteiger partial charge on any atom is 0.305 e. The molecule has 0 saturated carbocycles. The summed E-state index contributed by atoms with van der Waals surface area (Å²) >= 11 is 0.622. The molecule has 14 amide bonds. The van der Waals surface area contributed by atoms with E-state index in [4.69, 9.17) is 11.5 Å². The monoisotopic (exact) mass is 1950 g/mol. The molecule has 748 valence electrons. The highest BCUT2D eigenvalue weighted by Crippen LogP contribution is 2.28. The molecule has 0 spiro atoms. The van der Waals surface area contributed by atoms with Crippen LogP contribution in [-0.2, 0) is 115 Å². The quantitative estimate of drug-likeness (QED) is 0.0234. The molecule has 1 aromatic heterocycles. The number of para-hydroxylation sites is 1. The van der Waals surface area contributed by atoms with Crippen LogP contribution in [0.15, 0.2) is 152 Å². The number of likely N-dealkylation sites (N-methyl/N-ethyl adjacent to an activating group) is 4. The molecule has 0 bridgehead atoms. The summed E-state index contributed by atoms with van der Waals surface area (Å²) in [5.74, 6) is -23.2. The molecule has 0 radical (unpaired) electrons. The lowest BCUT2D eigenvalue weighted by Crippen LogP contribution is -2.61. The molecule has 38 nitrogen and oxygen atoms in total. The largest absolute Gasteiger partial charge is 0.508 e. The van der Waals surface area contributed by atoms with Crippen molar-refractivity contribution in [1.82, 2.24) is 77.3 Å². The number of β-amino-alcohol motifs (C(OH)–C–C–N with tert-alkyl or cyclic N) is 2. The molecule has 6 aromatic carbocycles. The van der Waals surface area contributed by atoms with Gasteiger partial charge in [-0.2, -0.15) is 0 Å². The molecule has 2 fully saturated rings. The number of H-pyrrole nitrogens is 1. The van der Waals surface area contributed by atoms with Gasteiger partial charge in [-0.15, -0.1) is 11.8 Å². The van der Waals surface area contributed by atoms with Crippen LogP contribution in [-0.4, -0.2) is 307 Å². The minimum absolute atomic E-state index is 0.0209. The Bertz CT molecular complexity index is 5480. The molecule has 2 aliphatic heterocycles. The van der Waals surface area contributed by atoms with Crippen molar-refractivity contribution in [2.45, 2.75) is 195 Å². The number of amides is 14. The molecule has 0 aliphatic carbocycles. The highest BCUT2D eigenvalue weighted by Gasteiger charge is 2.47. The number of likely N-dealkylation sites (tertiary alicyclic amines) is 2. The van der Waals surface area contributed by atoms with Crippen molar-refractivity contribution in [3.8, 4) is 11.5 Å². The summed E-state index contributed by atoms with van der Waals surface area (Å²) < 4.78 is 45.1. The van der Waals surface area contributed by atoms with Crippen LogP contribution in [0, 0.1) is 23.4 Å². The second-order valence-electron chi connectivity index (χ2n) is 35.1. The van der Waals surface area contributed by atoms with Gasteiger partial charge in [0.1, 0.15) is 65.9 Å². The summed E-state index contributed by atoms with van der Waals surface area (Å²) in [4.78, 5) is 238. The zero-order chi connectivity index (χ0) is 102. The van der Waals surface area contributed by atoms with Gasteiger partial charge in [0.05, 0.1) is 55.6 Å². The number of aromatic amines is 1. The smallest absolute Gasteiger partial charge is 0.305 e. The van der Waals surface area contributed by atoms with Crippen molar-refractivity contribution < 1.29 is 115 Å². The Hall–Kier alpha value is -13.8. The molecule has 19 N–H and O–H groups in total. The fourth-order valence-corrected chi connectivity index (χ4v) is 17.4. The fraction of sp³-hybridized carbons (Fsp3) is 0.443. The average molecular weight is 1950 g/mol. The van der Waals surface area contributed by atoms with E-state index in [2.05, 4.69) is 52.8 Å². The summed E-state index contributed by atoms with van der Waals surface area (Å²) in [6, 6.07) is 18.4. The van der Waals surface area contributed by atoms with Crippen LogP contribution < -0.4 is 59.3 Å². The first-order valence-corrected chi connectivity index (χ1v) is 46.7. The molecule has 14 atom stereocenters. The van der Waals surface area contributed by atoms with Gasteiger partial charge in [0, 0.05) is 95.7 Å². The van der Waals surface area contributed by atoms with E-state index in [0.29, 0.717) is 59.0 Å². The SMILES string of the molecule is CCCC[C@@H](C(=O)N1C[C@H](O)C[C@@H]1C(=O)N[C@@H](CC(=O)O)C(=O)N[C@H](C(=O)N(C)C(Cc1ccccc1)C(=O)CN[C@@H](Cc1ccc(O)cc1)C(=O)N1CC[C@@H](O)C1)C(C)C)N(C)C(=O)[C@H](Cc1ccccc1)N(C)C(=O)[C@H](Cc1cc(F)c(F)c(F)c1)NC(=O)CSC[C@H](NC(=O)[C@H](CCC(N)=O)NC(=O)[C@H](Cc1ccc(O)cc1)NC(=O)[C@H](Cc1c[nH]c2ccccc12)NC)C(=O)NCC(N)=O. The number of nitrogens with one attached hydrogen (secondary N) is 10. The molecule has 2 aliphatic rings. The maximum atomic E-state index is 15.7. The Morgan fingerprint density at radius 3 is 1.65 bits per heavy atom. The first kappa shape index (κ1) is 109. The van der Waals surface area contributed by atoms with E-state index in [9.17, 15) is 87.5 Å². The third-order valence-electron chi connectivity index (χ3n) is 24.3. The maximum absolute atomic E-state index is 15.7. The predicted octanol–water partition coefficient (Wildman–Crippen LogP) is 0.734. The lowest BCUT2D eigenvalue weighted by Gasteiger charge is -2.38. The molecule has 9 rings (SSSR count). The Morgan fingerprint density at radius 1 is 0.532 bits per heavy atom. The molecule has 7 aromatic rings. The number of benzene rings is 6. The second-order valence-corrected chi connectivity index (χ2v) is 36.1. The number of phenols is 2. The number of fused-ring (bicyclic) bond motifs is 1. The molecular formula is C97H122F3N17O21S. The summed E-state index contributed by atoms with van der Waals surface area (Å²) in [6.07, 6.45) is -3.56. The topological polar surface area (TPSA) is 567 Å². The van der Waals surface area contributed by atoms with Crippen molar-refractivity contribution in [1.29, 1.82) is 0 Å². The van der Waals surface area contributed by atoms with E-state index < -0.39 is 271 Å². The summed E-state index contributed by atoms with van der Waals surface area (Å²) in [7, 11) is 5.24. The van der Waals surface area contributed by atoms with Gasteiger partial charge in [-0.05, 0) is 127 Å². The summed E-state index contributed by atoms with van der Waals surface area (Å²) in [5, 5.41) is 76.5.